The van der Waals surface area contributed by atoms with Crippen LogP contribution in [0.1, 0.15) is 21.7 Å². The van der Waals surface area contributed by atoms with Gasteiger partial charge in [0.2, 0.25) is 5.91 Å². The quantitative estimate of drug-likeness (QED) is 0.448. The van der Waals surface area contributed by atoms with E-state index < -0.39 is 29.8 Å². The number of fused-ring (bicyclic) bond motifs is 1. The normalized spacial score (nSPS) is 11.7. The summed E-state index contributed by atoms with van der Waals surface area (Å²) >= 11 is 1.34. The lowest BCUT2D eigenvalue weighted by molar-refractivity contribution is -0.137. The first-order valence-corrected chi connectivity index (χ1v) is 10.8. The lowest BCUT2D eigenvalue weighted by Gasteiger charge is -2.12. The maximum Gasteiger partial charge on any atom is 0.416 e. The second-order valence-corrected chi connectivity index (χ2v) is 8.87. The standard InChI is InChI=1S/C23H19F3N4O2S/c1-12-7-8-17(13(2)9-12)19-21-20(27-14(3)33-21)22(32)30(29-19)11-18(31)28-16-6-4-5-15(10-16)23(24,25)26/h4-10H,11H2,1-3H3,(H,28,31). The van der Waals surface area contributed by atoms with Gasteiger partial charge in [-0.2, -0.15) is 18.3 Å². The van der Waals surface area contributed by atoms with Crippen molar-refractivity contribution in [3.8, 4) is 11.3 Å². The molecule has 33 heavy (non-hydrogen) atoms. The maximum absolute atomic E-state index is 13.0. The van der Waals surface area contributed by atoms with Crippen molar-refractivity contribution in [1.82, 2.24) is 14.8 Å². The Balaban J connectivity index is 1.72. The van der Waals surface area contributed by atoms with E-state index in [2.05, 4.69) is 15.4 Å². The Kier molecular flexibility index (Phi) is 5.79. The summed E-state index contributed by atoms with van der Waals surface area (Å²) in [5.41, 5.74) is 2.11. The number of carbonyl (C=O) groups excluding carboxylic acids is 1. The van der Waals surface area contributed by atoms with Crippen LogP contribution < -0.4 is 10.9 Å². The lowest BCUT2D eigenvalue weighted by Crippen LogP contribution is -2.30. The topological polar surface area (TPSA) is 76.9 Å². The van der Waals surface area contributed by atoms with Crippen molar-refractivity contribution < 1.29 is 18.0 Å². The number of aryl methyl sites for hydroxylation is 3. The van der Waals surface area contributed by atoms with Crippen molar-refractivity contribution in [3.05, 3.63) is 74.5 Å². The Hall–Kier alpha value is -3.53. The van der Waals surface area contributed by atoms with Gasteiger partial charge in [0.25, 0.3) is 5.56 Å². The fourth-order valence-electron chi connectivity index (χ4n) is 3.54. The molecule has 0 fully saturated rings. The van der Waals surface area contributed by atoms with Crippen LogP contribution in [-0.2, 0) is 17.5 Å². The zero-order valence-corrected chi connectivity index (χ0v) is 18.8. The van der Waals surface area contributed by atoms with Crippen molar-refractivity contribution in [2.24, 2.45) is 0 Å². The summed E-state index contributed by atoms with van der Waals surface area (Å²) in [7, 11) is 0. The second-order valence-electron chi connectivity index (χ2n) is 7.67. The van der Waals surface area contributed by atoms with E-state index in [4.69, 9.17) is 0 Å². The van der Waals surface area contributed by atoms with Crippen LogP contribution in [-0.4, -0.2) is 20.7 Å². The molecule has 0 spiro atoms. The summed E-state index contributed by atoms with van der Waals surface area (Å²) < 4.78 is 40.5. The number of aromatic nitrogens is 3. The van der Waals surface area contributed by atoms with Gasteiger partial charge in [-0.1, -0.05) is 29.8 Å². The minimum absolute atomic E-state index is 0.0249. The van der Waals surface area contributed by atoms with E-state index in [-0.39, 0.29) is 11.2 Å². The Morgan fingerprint density at radius 1 is 1.12 bits per heavy atom. The third kappa shape index (κ3) is 4.65. The summed E-state index contributed by atoms with van der Waals surface area (Å²) in [5, 5.41) is 7.53. The first kappa shape index (κ1) is 22.7. The number of nitrogens with one attached hydrogen (secondary N) is 1. The number of thiazole rings is 1. The molecule has 2 aromatic carbocycles. The number of hydrogen-bond donors (Lipinski definition) is 1. The minimum Gasteiger partial charge on any atom is -0.324 e. The van der Waals surface area contributed by atoms with E-state index in [1.807, 2.05) is 32.0 Å². The Labute approximate surface area is 190 Å². The van der Waals surface area contributed by atoms with Crippen LogP contribution in [0.2, 0.25) is 0 Å². The molecular formula is C23H19F3N4O2S. The van der Waals surface area contributed by atoms with Gasteiger partial charge in [0.1, 0.15) is 12.2 Å². The van der Waals surface area contributed by atoms with Gasteiger partial charge < -0.3 is 5.32 Å². The van der Waals surface area contributed by atoms with Crippen molar-refractivity contribution in [3.63, 3.8) is 0 Å². The number of rotatable bonds is 4. The highest BCUT2D eigenvalue weighted by molar-refractivity contribution is 7.19. The number of alkyl halides is 3. The van der Waals surface area contributed by atoms with Gasteiger partial charge in [-0.15, -0.1) is 11.3 Å². The van der Waals surface area contributed by atoms with Gasteiger partial charge in [0.15, 0.2) is 5.52 Å². The molecule has 4 rings (SSSR count). The van der Waals surface area contributed by atoms with Gasteiger partial charge in [-0.05, 0) is 44.5 Å². The lowest BCUT2D eigenvalue weighted by atomic mass is 10.0. The molecule has 0 atom stereocenters. The third-order valence-corrected chi connectivity index (χ3v) is 5.99. The highest BCUT2D eigenvalue weighted by atomic mass is 32.1. The molecule has 0 unspecified atom stereocenters. The zero-order chi connectivity index (χ0) is 23.9. The summed E-state index contributed by atoms with van der Waals surface area (Å²) in [6, 6.07) is 10.1. The molecule has 0 aliphatic carbocycles. The number of amides is 1. The summed E-state index contributed by atoms with van der Waals surface area (Å²) in [5.74, 6) is -0.679. The molecule has 170 valence electrons. The molecule has 0 radical (unpaired) electrons. The SMILES string of the molecule is Cc1ccc(-c2nn(CC(=O)Nc3cccc(C(F)(F)F)c3)c(=O)c3nc(C)sc23)c(C)c1. The molecule has 0 saturated carbocycles. The Morgan fingerprint density at radius 2 is 1.88 bits per heavy atom. The summed E-state index contributed by atoms with van der Waals surface area (Å²) in [6.07, 6.45) is -4.53. The van der Waals surface area contributed by atoms with E-state index in [9.17, 15) is 22.8 Å². The van der Waals surface area contributed by atoms with E-state index in [1.165, 1.54) is 23.5 Å². The third-order valence-electron chi connectivity index (χ3n) is 5.01. The molecule has 0 aliphatic rings. The average Bonchev–Trinajstić information content (AvgIpc) is 3.12. The molecular weight excluding hydrogens is 453 g/mol. The van der Waals surface area contributed by atoms with Gasteiger partial charge in [-0.25, -0.2) is 9.67 Å². The van der Waals surface area contributed by atoms with Gasteiger partial charge in [0, 0.05) is 11.3 Å². The zero-order valence-electron chi connectivity index (χ0n) is 17.9. The van der Waals surface area contributed by atoms with Crippen LogP contribution in [0.25, 0.3) is 21.5 Å². The Morgan fingerprint density at radius 3 is 2.58 bits per heavy atom. The monoisotopic (exact) mass is 472 g/mol. The van der Waals surface area contributed by atoms with E-state index >= 15 is 0 Å². The molecule has 4 aromatic rings. The molecule has 2 aromatic heterocycles. The predicted octanol–water partition coefficient (Wildman–Crippen LogP) is 5.10. The van der Waals surface area contributed by atoms with E-state index in [1.54, 1.807) is 6.92 Å². The highest BCUT2D eigenvalue weighted by Gasteiger charge is 2.30. The van der Waals surface area contributed by atoms with Crippen LogP contribution in [0.15, 0.2) is 47.3 Å². The van der Waals surface area contributed by atoms with Crippen molar-refractivity contribution in [2.45, 2.75) is 33.5 Å². The van der Waals surface area contributed by atoms with Crippen LogP contribution in [0.3, 0.4) is 0 Å². The van der Waals surface area contributed by atoms with Crippen LogP contribution in [0.5, 0.6) is 0 Å². The van der Waals surface area contributed by atoms with Crippen LogP contribution in [0.4, 0.5) is 18.9 Å². The molecule has 6 nitrogen and oxygen atoms in total. The molecule has 0 bridgehead atoms. The van der Waals surface area contributed by atoms with E-state index in [0.717, 1.165) is 33.5 Å². The largest absolute Gasteiger partial charge is 0.416 e. The van der Waals surface area contributed by atoms with Gasteiger partial charge in [0.05, 0.1) is 15.3 Å². The van der Waals surface area contributed by atoms with Crippen molar-refractivity contribution in [2.75, 3.05) is 5.32 Å². The van der Waals surface area contributed by atoms with Crippen molar-refractivity contribution >= 4 is 33.1 Å². The van der Waals surface area contributed by atoms with Gasteiger partial charge >= 0.3 is 6.18 Å². The van der Waals surface area contributed by atoms with Crippen LogP contribution >= 0.6 is 11.3 Å². The molecule has 10 heteroatoms. The number of anilines is 1. The molecule has 0 saturated heterocycles. The molecule has 1 amide bonds. The van der Waals surface area contributed by atoms with Crippen molar-refractivity contribution in [1.29, 1.82) is 0 Å². The van der Waals surface area contributed by atoms with Gasteiger partial charge in [-0.3, -0.25) is 9.59 Å². The Bertz CT molecular complexity index is 1440. The summed E-state index contributed by atoms with van der Waals surface area (Å²) in [4.78, 5) is 29.9. The van der Waals surface area contributed by atoms with Crippen LogP contribution in [0, 0.1) is 20.8 Å². The molecule has 2 heterocycles. The summed E-state index contributed by atoms with van der Waals surface area (Å²) in [6.45, 7) is 5.20. The predicted molar refractivity (Wildman–Crippen MR) is 121 cm³/mol. The number of nitrogens with zero attached hydrogens (tertiary/aromatic N) is 3. The molecule has 1 N–H and O–H groups in total. The first-order valence-electron chi connectivity index (χ1n) is 9.96. The smallest absolute Gasteiger partial charge is 0.324 e. The fraction of sp³-hybridized carbons (Fsp3) is 0.217. The average molecular weight is 472 g/mol. The fourth-order valence-corrected chi connectivity index (χ4v) is 4.45. The minimum atomic E-state index is -4.53. The first-order chi connectivity index (χ1) is 15.5. The highest BCUT2D eigenvalue weighted by Crippen LogP contribution is 2.32. The second kappa shape index (κ2) is 8.43. The maximum atomic E-state index is 13.0. The number of carbonyl (C=O) groups is 1. The number of halogens is 3. The molecule has 0 aliphatic heterocycles. The van der Waals surface area contributed by atoms with E-state index in [0.29, 0.717) is 15.4 Å². The number of hydrogen-bond acceptors (Lipinski definition) is 5. The number of benzene rings is 2.